The SMILES string of the molecule is C[C@H](CN(C)C)OC(=O)C(Cl)(Cl)c1ccccc1. The van der Waals surface area contributed by atoms with Crippen LogP contribution in [-0.2, 0) is 13.9 Å². The smallest absolute Gasteiger partial charge is 0.347 e. The van der Waals surface area contributed by atoms with Crippen LogP contribution in [0.4, 0.5) is 0 Å². The second-order valence-corrected chi connectivity index (χ2v) is 5.75. The van der Waals surface area contributed by atoms with Crippen molar-refractivity contribution in [3.8, 4) is 0 Å². The Hall–Kier alpha value is -0.770. The molecule has 5 heteroatoms. The van der Waals surface area contributed by atoms with E-state index in [-0.39, 0.29) is 6.10 Å². The van der Waals surface area contributed by atoms with E-state index in [1.54, 1.807) is 31.2 Å². The minimum Gasteiger partial charge on any atom is -0.459 e. The minimum absolute atomic E-state index is 0.270. The summed E-state index contributed by atoms with van der Waals surface area (Å²) in [5, 5.41) is 0. The van der Waals surface area contributed by atoms with Crippen LogP contribution in [0.25, 0.3) is 0 Å². The first-order valence-corrected chi connectivity index (χ1v) is 6.38. The number of alkyl halides is 2. The van der Waals surface area contributed by atoms with E-state index in [0.29, 0.717) is 12.1 Å². The highest BCUT2D eigenvalue weighted by Crippen LogP contribution is 2.35. The molecule has 0 unspecified atom stereocenters. The first-order valence-electron chi connectivity index (χ1n) is 5.63. The summed E-state index contributed by atoms with van der Waals surface area (Å²) in [7, 11) is 3.80. The van der Waals surface area contributed by atoms with Crippen molar-refractivity contribution < 1.29 is 9.53 Å². The molecule has 3 nitrogen and oxygen atoms in total. The Morgan fingerprint density at radius 1 is 1.33 bits per heavy atom. The summed E-state index contributed by atoms with van der Waals surface area (Å²) in [6.45, 7) is 2.41. The summed E-state index contributed by atoms with van der Waals surface area (Å²) in [6, 6.07) is 8.75. The van der Waals surface area contributed by atoms with Crippen molar-refractivity contribution in [2.75, 3.05) is 20.6 Å². The molecule has 0 radical (unpaired) electrons. The summed E-state index contributed by atoms with van der Waals surface area (Å²) in [6.07, 6.45) is -0.270. The van der Waals surface area contributed by atoms with E-state index in [2.05, 4.69) is 0 Å². The normalized spacial score (nSPS) is 13.4. The van der Waals surface area contributed by atoms with Crippen molar-refractivity contribution in [1.29, 1.82) is 0 Å². The van der Waals surface area contributed by atoms with Crippen molar-refractivity contribution >= 4 is 29.2 Å². The molecule has 0 bridgehead atoms. The standard InChI is InChI=1S/C13H17Cl2NO2/c1-10(9-16(2)3)18-12(17)13(14,15)11-7-5-4-6-8-11/h4-8,10H,9H2,1-3H3/t10-/m1/s1. The maximum atomic E-state index is 12.0. The minimum atomic E-state index is -1.66. The summed E-state index contributed by atoms with van der Waals surface area (Å²) in [5.74, 6) is -0.647. The Kier molecular flexibility index (Phi) is 5.45. The van der Waals surface area contributed by atoms with Crippen LogP contribution in [0.5, 0.6) is 0 Å². The molecule has 0 amide bonds. The third-order valence-corrected chi connectivity index (χ3v) is 3.07. The van der Waals surface area contributed by atoms with E-state index in [9.17, 15) is 4.79 Å². The van der Waals surface area contributed by atoms with Gasteiger partial charge in [0.15, 0.2) is 0 Å². The monoisotopic (exact) mass is 289 g/mol. The zero-order valence-corrected chi connectivity index (χ0v) is 12.2. The van der Waals surface area contributed by atoms with Crippen LogP contribution >= 0.6 is 23.2 Å². The number of esters is 1. The molecule has 0 saturated carbocycles. The van der Waals surface area contributed by atoms with E-state index in [4.69, 9.17) is 27.9 Å². The molecule has 0 N–H and O–H groups in total. The lowest BCUT2D eigenvalue weighted by atomic mass is 10.1. The molecule has 0 heterocycles. The van der Waals surface area contributed by atoms with Gasteiger partial charge in [0.2, 0.25) is 4.33 Å². The van der Waals surface area contributed by atoms with E-state index >= 15 is 0 Å². The fraction of sp³-hybridized carbons (Fsp3) is 0.462. The van der Waals surface area contributed by atoms with Crippen LogP contribution in [0.1, 0.15) is 12.5 Å². The molecule has 1 aromatic carbocycles. The van der Waals surface area contributed by atoms with Gasteiger partial charge in [-0.2, -0.15) is 0 Å². The molecule has 0 aliphatic carbocycles. The highest BCUT2D eigenvalue weighted by molar-refractivity contribution is 6.56. The van der Waals surface area contributed by atoms with Crippen LogP contribution in [0.15, 0.2) is 30.3 Å². The first kappa shape index (κ1) is 15.3. The van der Waals surface area contributed by atoms with Gasteiger partial charge in [0.05, 0.1) is 0 Å². The topological polar surface area (TPSA) is 29.5 Å². The molecule has 0 aromatic heterocycles. The van der Waals surface area contributed by atoms with E-state index in [1.807, 2.05) is 25.1 Å². The van der Waals surface area contributed by atoms with E-state index in [0.717, 1.165) is 0 Å². The average molecular weight is 290 g/mol. The first-order chi connectivity index (χ1) is 8.34. The molecule has 18 heavy (non-hydrogen) atoms. The van der Waals surface area contributed by atoms with E-state index < -0.39 is 10.3 Å². The van der Waals surface area contributed by atoms with Crippen molar-refractivity contribution in [2.45, 2.75) is 17.4 Å². The van der Waals surface area contributed by atoms with Gasteiger partial charge >= 0.3 is 5.97 Å². The number of nitrogens with zero attached hydrogens (tertiary/aromatic N) is 1. The van der Waals surface area contributed by atoms with Gasteiger partial charge in [0.25, 0.3) is 0 Å². The number of hydrogen-bond donors (Lipinski definition) is 0. The van der Waals surface area contributed by atoms with Crippen LogP contribution in [0, 0.1) is 0 Å². The lowest BCUT2D eigenvalue weighted by Crippen LogP contribution is -2.33. The highest BCUT2D eigenvalue weighted by atomic mass is 35.5. The molecule has 0 saturated heterocycles. The van der Waals surface area contributed by atoms with Gasteiger partial charge in [0.1, 0.15) is 6.10 Å². The van der Waals surface area contributed by atoms with Gasteiger partial charge in [-0.1, -0.05) is 53.5 Å². The summed E-state index contributed by atoms with van der Waals surface area (Å²) < 4.78 is 3.57. The Morgan fingerprint density at radius 3 is 2.39 bits per heavy atom. The van der Waals surface area contributed by atoms with Gasteiger partial charge in [-0.15, -0.1) is 0 Å². The zero-order chi connectivity index (χ0) is 13.8. The van der Waals surface area contributed by atoms with Crippen molar-refractivity contribution in [3.05, 3.63) is 35.9 Å². The van der Waals surface area contributed by atoms with Crippen LogP contribution in [0.2, 0.25) is 0 Å². The van der Waals surface area contributed by atoms with Gasteiger partial charge < -0.3 is 9.64 Å². The lowest BCUT2D eigenvalue weighted by Gasteiger charge is -2.23. The molecular weight excluding hydrogens is 273 g/mol. The third-order valence-electron chi connectivity index (χ3n) is 2.32. The quantitative estimate of drug-likeness (QED) is 0.617. The van der Waals surface area contributed by atoms with Crippen LogP contribution < -0.4 is 0 Å². The average Bonchev–Trinajstić information content (AvgIpc) is 2.28. The van der Waals surface area contributed by atoms with Gasteiger partial charge in [0, 0.05) is 6.54 Å². The van der Waals surface area contributed by atoms with Gasteiger partial charge in [-0.3, -0.25) is 0 Å². The zero-order valence-electron chi connectivity index (χ0n) is 10.7. The predicted molar refractivity (Wildman–Crippen MR) is 73.9 cm³/mol. The lowest BCUT2D eigenvalue weighted by molar-refractivity contribution is -0.149. The van der Waals surface area contributed by atoms with Gasteiger partial charge in [-0.25, -0.2) is 4.79 Å². The molecule has 1 rings (SSSR count). The summed E-state index contributed by atoms with van der Waals surface area (Å²) in [4.78, 5) is 13.9. The maximum Gasteiger partial charge on any atom is 0.347 e. The maximum absolute atomic E-state index is 12.0. The molecule has 0 fully saturated rings. The molecular formula is C13H17Cl2NO2. The number of halogens is 2. The van der Waals surface area contributed by atoms with Gasteiger partial charge in [-0.05, 0) is 26.6 Å². The molecule has 0 aliphatic heterocycles. The van der Waals surface area contributed by atoms with Crippen LogP contribution in [-0.4, -0.2) is 37.6 Å². The Balaban J connectivity index is 2.71. The Morgan fingerprint density at radius 2 is 1.89 bits per heavy atom. The highest BCUT2D eigenvalue weighted by Gasteiger charge is 2.38. The number of benzene rings is 1. The number of hydrogen-bond acceptors (Lipinski definition) is 3. The molecule has 0 aliphatic rings. The second-order valence-electron chi connectivity index (χ2n) is 4.42. The molecule has 0 spiro atoms. The fourth-order valence-electron chi connectivity index (χ4n) is 1.57. The second kappa shape index (κ2) is 6.41. The summed E-state index contributed by atoms with van der Waals surface area (Å²) in [5.41, 5.74) is 0.510. The number of carbonyl (C=O) groups excluding carboxylic acids is 1. The van der Waals surface area contributed by atoms with Crippen molar-refractivity contribution in [1.82, 2.24) is 4.90 Å². The number of rotatable bonds is 5. The number of carbonyl (C=O) groups is 1. The largest absolute Gasteiger partial charge is 0.459 e. The molecule has 1 atom stereocenters. The molecule has 1 aromatic rings. The van der Waals surface area contributed by atoms with E-state index in [1.165, 1.54) is 0 Å². The number of likely N-dealkylation sites (N-methyl/N-ethyl adjacent to an activating group) is 1. The number of ether oxygens (including phenoxy) is 1. The summed E-state index contributed by atoms with van der Waals surface area (Å²) >= 11 is 12.1. The predicted octanol–water partition coefficient (Wildman–Crippen LogP) is 2.81. The fourth-order valence-corrected chi connectivity index (χ4v) is 1.91. The third kappa shape index (κ3) is 4.16. The Labute approximate surface area is 118 Å². The van der Waals surface area contributed by atoms with Crippen molar-refractivity contribution in [3.63, 3.8) is 0 Å². The Bertz CT molecular complexity index is 393. The molecule has 100 valence electrons. The van der Waals surface area contributed by atoms with Crippen molar-refractivity contribution in [2.24, 2.45) is 0 Å². The van der Waals surface area contributed by atoms with Crippen LogP contribution in [0.3, 0.4) is 0 Å².